The van der Waals surface area contributed by atoms with Crippen LogP contribution in [0.3, 0.4) is 0 Å². The van der Waals surface area contributed by atoms with Crippen molar-refractivity contribution < 1.29 is 9.53 Å². The van der Waals surface area contributed by atoms with Crippen LogP contribution in [0.4, 0.5) is 34.1 Å². The molecule has 10 heteroatoms. The van der Waals surface area contributed by atoms with Gasteiger partial charge in [0.15, 0.2) is 6.54 Å². The second-order valence-corrected chi connectivity index (χ2v) is 18.0. The Morgan fingerprint density at radius 2 is 0.985 bits per heavy atom. The lowest BCUT2D eigenvalue weighted by atomic mass is 9.95. The van der Waals surface area contributed by atoms with E-state index in [0.29, 0.717) is 25.3 Å². The summed E-state index contributed by atoms with van der Waals surface area (Å²) in [6, 6.07) is 68.5. The van der Waals surface area contributed by atoms with Crippen molar-refractivity contribution in [3.8, 4) is 34.1 Å². The van der Waals surface area contributed by atoms with Gasteiger partial charge in [0, 0.05) is 61.7 Å². The number of aromatic nitrogens is 6. The minimum atomic E-state index is -0.0760. The molecule has 10 nitrogen and oxygen atoms in total. The van der Waals surface area contributed by atoms with E-state index in [1.807, 2.05) is 46.0 Å². The average Bonchev–Trinajstić information content (AvgIpc) is 3.98. The van der Waals surface area contributed by atoms with Gasteiger partial charge in [-0.05, 0) is 121 Å². The summed E-state index contributed by atoms with van der Waals surface area (Å²) < 4.78 is 6.02. The van der Waals surface area contributed by atoms with E-state index in [1.54, 1.807) is 12.1 Å². The van der Waals surface area contributed by atoms with Crippen LogP contribution < -0.4 is 24.4 Å². The molecule has 0 unspecified atom stereocenters. The summed E-state index contributed by atoms with van der Waals surface area (Å²) in [6.07, 6.45) is 1.59. The number of rotatable bonds is 15. The van der Waals surface area contributed by atoms with Gasteiger partial charge in [0.25, 0.3) is 0 Å². The van der Waals surface area contributed by atoms with Crippen molar-refractivity contribution in [2.75, 3.05) is 16.4 Å². The van der Waals surface area contributed by atoms with Gasteiger partial charge in [-0.1, -0.05) is 118 Å². The molecule has 0 saturated carbocycles. The van der Waals surface area contributed by atoms with Crippen molar-refractivity contribution >= 4 is 56.2 Å². The van der Waals surface area contributed by atoms with E-state index in [0.717, 1.165) is 97.0 Å². The fraction of sp³-hybridized carbons (Fsp3) is 0.155. The van der Waals surface area contributed by atoms with Crippen molar-refractivity contribution in [1.29, 1.82) is 5.26 Å². The van der Waals surface area contributed by atoms with Crippen LogP contribution in [0.5, 0.6) is 5.75 Å². The molecule has 8 aromatic carbocycles. The Labute approximate surface area is 396 Å². The second-order valence-electron chi connectivity index (χ2n) is 18.0. The van der Waals surface area contributed by atoms with Gasteiger partial charge in [-0.2, -0.15) is 35.2 Å². The van der Waals surface area contributed by atoms with Crippen LogP contribution in [0.1, 0.15) is 39.2 Å². The first-order valence-corrected chi connectivity index (χ1v) is 23.1. The van der Waals surface area contributed by atoms with Gasteiger partial charge >= 0.3 is 0 Å². The first-order chi connectivity index (χ1) is 33.3. The normalized spacial score (nSPS) is 11.4. The number of unbranched alkanes of at least 4 members (excludes halogenated alkanes) is 1. The summed E-state index contributed by atoms with van der Waals surface area (Å²) in [4.78, 5) is 8.20. The number of ether oxygens (including phenoxy) is 1. The number of nitrogens with zero attached hydrogens (tertiary/aromatic N) is 9. The van der Waals surface area contributed by atoms with Gasteiger partial charge in [-0.15, -0.1) is 0 Å². The molecule has 0 bridgehead atoms. The van der Waals surface area contributed by atoms with Crippen LogP contribution >= 0.6 is 0 Å². The molecule has 0 aliphatic heterocycles. The number of para-hydroxylation sites is 4. The van der Waals surface area contributed by atoms with Crippen LogP contribution in [-0.4, -0.2) is 26.7 Å². The van der Waals surface area contributed by atoms with Crippen LogP contribution in [-0.2, 0) is 13.1 Å². The number of hydrogen-bond acceptors (Lipinski definition) is 7. The maximum absolute atomic E-state index is 9.20. The highest BCUT2D eigenvalue weighted by Gasteiger charge is 2.25. The number of hydrogen-bond donors (Lipinski definition) is 0. The van der Waals surface area contributed by atoms with Gasteiger partial charge in [0.1, 0.15) is 16.8 Å². The summed E-state index contributed by atoms with van der Waals surface area (Å²) >= 11 is 0. The summed E-state index contributed by atoms with van der Waals surface area (Å²) in [5, 5.41) is 30.4. The second kappa shape index (κ2) is 19.1. The largest absolute Gasteiger partial charge is 0.494 e. The van der Waals surface area contributed by atoms with E-state index < -0.39 is 0 Å². The standard InChI is InChI=1S/C58H51N9O/c1-58(2,3)41-65-62-56-52(43-28-32-49(33-29-43)66(45-18-8-4-9-19-45)46-20-10-5-11-21-46)54-55(61-64(60-54)38-16-17-39-68-51-36-26-42(40-59)27-37-51)53(57(56)63-65)44-30-34-50(35-31-44)67(47-22-12-6-13-23-47)48-24-14-7-15-25-48/h4-15,18-37H,16-17,38-39,41H2,1-3H3. The number of nitriles is 1. The third kappa shape index (κ3) is 9.28. The van der Waals surface area contributed by atoms with E-state index >= 15 is 0 Å². The van der Waals surface area contributed by atoms with Crippen molar-refractivity contribution in [2.24, 2.45) is 5.41 Å². The fourth-order valence-electron chi connectivity index (χ4n) is 8.66. The van der Waals surface area contributed by atoms with Gasteiger partial charge < -0.3 is 14.5 Å². The Bertz CT molecular complexity index is 3040. The Balaban J connectivity index is 1.09. The number of anilines is 6. The zero-order valence-corrected chi connectivity index (χ0v) is 38.4. The molecule has 2 heterocycles. The van der Waals surface area contributed by atoms with Crippen LogP contribution in [0.25, 0.3) is 44.3 Å². The molecule has 0 radical (unpaired) electrons. The Kier molecular flexibility index (Phi) is 12.2. The molecule has 2 aromatic heterocycles. The lowest BCUT2D eigenvalue weighted by molar-refractivity contribution is -0.813. The Morgan fingerprint density at radius 1 is 0.544 bits per heavy atom. The molecule has 0 amide bonds. The molecular weight excluding hydrogens is 839 g/mol. The highest BCUT2D eigenvalue weighted by Crippen LogP contribution is 2.43. The Hall–Kier alpha value is -8.55. The summed E-state index contributed by atoms with van der Waals surface area (Å²) in [5.41, 5.74) is 13.7. The lowest BCUT2D eigenvalue weighted by Gasteiger charge is -2.25. The molecule has 0 aliphatic carbocycles. The topological polar surface area (TPSA) is 101 Å². The minimum Gasteiger partial charge on any atom is -0.494 e. The molecule has 0 spiro atoms. The molecule has 10 aromatic rings. The molecular formula is C58H51N9O. The number of fused-ring (bicyclic) bond motifs is 2. The quantitative estimate of drug-likeness (QED) is 0.0741. The molecule has 0 atom stereocenters. The maximum Gasteiger partial charge on any atom is 0.167 e. The fourth-order valence-corrected chi connectivity index (χ4v) is 8.66. The van der Waals surface area contributed by atoms with E-state index in [2.05, 4.69) is 182 Å². The zero-order valence-electron chi connectivity index (χ0n) is 38.4. The van der Waals surface area contributed by atoms with Gasteiger partial charge in [0.05, 0.1) is 24.8 Å². The highest BCUT2D eigenvalue weighted by molar-refractivity contribution is 6.16. The summed E-state index contributed by atoms with van der Waals surface area (Å²) in [7, 11) is 0. The molecule has 10 rings (SSSR count). The molecule has 0 N–H and O–H groups in total. The number of aryl methyl sites for hydroxylation is 1. The predicted octanol–water partition coefficient (Wildman–Crippen LogP) is 13.3. The first kappa shape index (κ1) is 43.3. The highest BCUT2D eigenvalue weighted by atomic mass is 16.5. The monoisotopic (exact) mass is 889 g/mol. The molecule has 68 heavy (non-hydrogen) atoms. The van der Waals surface area contributed by atoms with Crippen LogP contribution in [0.15, 0.2) is 194 Å². The summed E-state index contributed by atoms with van der Waals surface area (Å²) in [5.74, 6) is 0.743. The first-order valence-electron chi connectivity index (χ1n) is 23.1. The van der Waals surface area contributed by atoms with Crippen molar-refractivity contribution in [1.82, 2.24) is 25.2 Å². The maximum atomic E-state index is 9.20. The van der Waals surface area contributed by atoms with E-state index in [-0.39, 0.29) is 5.41 Å². The lowest BCUT2D eigenvalue weighted by Crippen LogP contribution is -2.45. The molecule has 334 valence electrons. The van der Waals surface area contributed by atoms with E-state index in [4.69, 9.17) is 25.1 Å². The molecule has 0 fully saturated rings. The van der Waals surface area contributed by atoms with Crippen molar-refractivity contribution in [3.63, 3.8) is 0 Å². The van der Waals surface area contributed by atoms with Gasteiger partial charge in [-0.3, -0.25) is 0 Å². The van der Waals surface area contributed by atoms with Crippen molar-refractivity contribution in [2.45, 2.75) is 46.7 Å². The minimum absolute atomic E-state index is 0.0760. The molecule has 0 saturated heterocycles. The predicted molar refractivity (Wildman–Crippen MR) is 272 cm³/mol. The van der Waals surface area contributed by atoms with Gasteiger partial charge in [0.2, 0.25) is 0 Å². The SMILES string of the molecule is CC(C)(C)C[n+]1nc2c(-c3ccc(N(c4ccccc4)c4ccccc4)cc3)c3nn(CCCCOc4ccc(C#N)cc4)nc3c(-c3ccc(N(c4ccccc4)c4ccccc4)cc3)c2[n-]1. The zero-order chi connectivity index (χ0) is 46.5. The summed E-state index contributed by atoms with van der Waals surface area (Å²) in [6.45, 7) is 8.35. The smallest absolute Gasteiger partial charge is 0.167 e. The molecule has 0 aliphatic rings. The average molecular weight is 890 g/mol. The Morgan fingerprint density at radius 3 is 1.44 bits per heavy atom. The van der Waals surface area contributed by atoms with E-state index in [1.165, 1.54) is 0 Å². The van der Waals surface area contributed by atoms with E-state index in [9.17, 15) is 5.26 Å². The number of benzene rings is 8. The third-order valence-electron chi connectivity index (χ3n) is 11.8. The van der Waals surface area contributed by atoms with Crippen LogP contribution in [0, 0.1) is 16.7 Å². The van der Waals surface area contributed by atoms with Gasteiger partial charge in [-0.25, -0.2) is 0 Å². The van der Waals surface area contributed by atoms with Crippen LogP contribution in [0.2, 0.25) is 0 Å². The van der Waals surface area contributed by atoms with Crippen molar-refractivity contribution in [3.05, 3.63) is 200 Å². The third-order valence-corrected chi connectivity index (χ3v) is 11.8.